The van der Waals surface area contributed by atoms with Crippen LogP contribution in [-0.2, 0) is 19.1 Å². The topological polar surface area (TPSA) is 165 Å². The number of ether oxygens (including phenoxy) is 1. The zero-order chi connectivity index (χ0) is 85.6. The third kappa shape index (κ3) is 30.9. The number of Topliss-reactive ketones (excluding diaryl/α,β-unsaturated/α-hetero) is 3. The molecule has 1 saturated heterocycles. The van der Waals surface area contributed by atoms with Gasteiger partial charge in [0.15, 0.2) is 11.6 Å². The molecule has 8 rings (SSSR count). The molecule has 0 aromatic rings. The number of carbonyl (C=O) groups is 3. The van der Waals surface area contributed by atoms with Crippen LogP contribution >= 0.6 is 0 Å². The van der Waals surface area contributed by atoms with Crippen LogP contribution < -0.4 is 0 Å². The predicted octanol–water partition coefficient (Wildman–Crippen LogP) is 26.1. The lowest BCUT2D eigenvalue weighted by atomic mass is 9.61. The van der Waals surface area contributed by atoms with Crippen LogP contribution in [0.25, 0.3) is 0 Å². The Hall–Kier alpha value is -4.31. The summed E-state index contributed by atoms with van der Waals surface area (Å²) >= 11 is 0. The fourth-order valence-electron chi connectivity index (χ4n) is 19.5. The lowest BCUT2D eigenvalue weighted by molar-refractivity contribution is -0.126. The Labute approximate surface area is 684 Å². The van der Waals surface area contributed by atoms with Crippen molar-refractivity contribution in [3.63, 3.8) is 0 Å². The second-order valence-corrected chi connectivity index (χ2v) is 42.8. The number of hydrogen-bond donors (Lipinski definition) is 5. The zero-order valence-electron chi connectivity index (χ0n) is 77.9. The second-order valence-electron chi connectivity index (χ2n) is 42.8. The van der Waals surface area contributed by atoms with E-state index >= 15 is 0 Å². The van der Waals surface area contributed by atoms with E-state index in [9.17, 15) is 39.9 Å². The highest BCUT2D eigenvalue weighted by Gasteiger charge is 2.76. The molecule has 0 radical (unpaired) electrons. The maximum absolute atomic E-state index is 12.0. The summed E-state index contributed by atoms with van der Waals surface area (Å²) in [5, 5.41) is 49.6. The van der Waals surface area contributed by atoms with E-state index in [1.165, 1.54) is 35.1 Å². The standard InChI is InChI=1S/C15H26O.C15H24O.C15H26.C14H24O3.C14H22O2.2C14H24O.CH4/c1-11(2)7-8-13-14(4,5)9-12(3)10-15(13,6)16;1-10(2)7-8-13-12(4)14(16)11(3)9-15(13,5)6;1-11(2)7-8-14-13(4)9-12(3)10-15(14,5)6;1-9(2)11(16)8-14-12(3,4)6-10(15)7-13(14,5)17-14;1-9(2)6-7-11-10(3)13(16)12(15)8-14(11,4)5;2*1-10(2)6-7-13-11(3)8-12(15)9-14(13,4)5;/h7,11-12,16H,9-10H2,1-6H3;7-8,10-11H,9H2,1-6H3;7-8,11-12H,9-10H2,1-6H3;9-10,15H,6-8H2,1-5H3;6-7,9,12,15H,8H2,1-5H3;6-7,10,12,15H,8-9H2,1-5H3;6-8,10,12-13,15H,9H2,1-5H3;1H4/b;2*8-7+;;3*7-6+;/t8?,12-,15+;11-;12-;10-,13+,14-;2*12-;12-,13-;/m0010010./s1. The molecule has 7 aliphatic carbocycles. The van der Waals surface area contributed by atoms with Gasteiger partial charge in [-0.25, -0.2) is 0 Å². The van der Waals surface area contributed by atoms with Crippen LogP contribution in [0.3, 0.4) is 0 Å². The fourth-order valence-corrected chi connectivity index (χ4v) is 19.5. The first kappa shape index (κ1) is 105. The van der Waals surface area contributed by atoms with Gasteiger partial charge in [-0.15, -0.1) is 5.73 Å². The van der Waals surface area contributed by atoms with Crippen LogP contribution in [0.5, 0.6) is 0 Å². The molecule has 1 aliphatic heterocycles. The number of carbonyl (C=O) groups excluding carboxylic acids is 3. The maximum atomic E-state index is 12.0. The van der Waals surface area contributed by atoms with E-state index in [1.807, 2.05) is 60.6 Å². The first-order valence-electron chi connectivity index (χ1n) is 42.9. The van der Waals surface area contributed by atoms with Crippen molar-refractivity contribution in [2.75, 3.05) is 0 Å². The third-order valence-electron chi connectivity index (χ3n) is 24.4. The molecule has 0 aromatic carbocycles. The first-order chi connectivity index (χ1) is 49.8. The molecule has 636 valence electrons. The van der Waals surface area contributed by atoms with Crippen LogP contribution in [0.2, 0.25) is 0 Å². The molecule has 9 heteroatoms. The average Bonchev–Trinajstić information content (AvgIpc) is 1.50. The number of aliphatic hydroxyl groups is 5. The molecule has 8 aliphatic rings. The molecule has 0 spiro atoms. The number of fused-ring (bicyclic) bond motifs is 1. The minimum absolute atomic E-state index is 0. The number of hydrogen-bond acceptors (Lipinski definition) is 9. The summed E-state index contributed by atoms with van der Waals surface area (Å²) in [6, 6.07) is 0. The SMILES string of the molecule is C.CC(C)C(=O)C[C@@]12O[C@]1(C)C[C@@H](O)CC2(C)C.CC(C)C=C=C1C(C)(C)C[C@H](C)C[C@@]1(C)O.CC1=C(/C=C/C(C)C)C(C)(C)C[C@H](C)C1.CC1=C(/C=C/C(C)C)C(C)(C)C[C@H](C)C1=O.CC1=C(/C=C/C(C)C)C(C)(C)C[C@H](O)C1.CC1=C(/C=C/C(C)C)C(C)(C)C[C@H](O)C1=O.CC1=C[C@H](O)CC(C)(C)[C@H]1/C=C/C(C)C. The van der Waals surface area contributed by atoms with Gasteiger partial charge < -0.3 is 30.3 Å². The maximum Gasteiger partial charge on any atom is 0.187 e. The van der Waals surface area contributed by atoms with Gasteiger partial charge in [-0.3, -0.25) is 14.4 Å². The van der Waals surface area contributed by atoms with Gasteiger partial charge in [-0.2, -0.15) is 0 Å². The van der Waals surface area contributed by atoms with Gasteiger partial charge >= 0.3 is 0 Å². The monoisotopic (exact) mass is 1540 g/mol. The summed E-state index contributed by atoms with van der Waals surface area (Å²) < 4.78 is 5.98. The van der Waals surface area contributed by atoms with Crippen molar-refractivity contribution in [2.24, 2.45) is 103 Å². The molecule has 0 unspecified atom stereocenters. The quantitative estimate of drug-likeness (QED) is 0.0647. The summed E-state index contributed by atoms with van der Waals surface area (Å²) in [6.45, 7) is 81.8. The molecule has 0 amide bonds. The van der Waals surface area contributed by atoms with Crippen molar-refractivity contribution in [1.82, 2.24) is 0 Å². The van der Waals surface area contributed by atoms with Crippen molar-refractivity contribution in [3.8, 4) is 0 Å². The van der Waals surface area contributed by atoms with Gasteiger partial charge in [-0.1, -0.05) is 306 Å². The van der Waals surface area contributed by atoms with E-state index in [1.54, 1.807) is 11.1 Å². The van der Waals surface area contributed by atoms with Crippen molar-refractivity contribution in [1.29, 1.82) is 0 Å². The molecular formula is C102H174O9. The van der Waals surface area contributed by atoms with Crippen LogP contribution in [-0.4, -0.2) is 84.1 Å². The Balaban J connectivity index is 0.000000647. The molecular weight excluding hydrogens is 1370 g/mol. The lowest BCUT2D eigenvalue weighted by Gasteiger charge is -2.44. The van der Waals surface area contributed by atoms with Crippen molar-refractivity contribution in [2.45, 2.75) is 389 Å². The molecule has 5 N–H and O–H groups in total. The fraction of sp³-hybridized carbons (Fsp3) is 0.745. The number of epoxide rings is 1. The van der Waals surface area contributed by atoms with E-state index < -0.39 is 11.7 Å². The smallest absolute Gasteiger partial charge is 0.187 e. The zero-order valence-corrected chi connectivity index (χ0v) is 77.9. The van der Waals surface area contributed by atoms with Gasteiger partial charge in [0.25, 0.3) is 0 Å². The van der Waals surface area contributed by atoms with E-state index in [0.29, 0.717) is 89.8 Å². The van der Waals surface area contributed by atoms with Crippen LogP contribution in [0.15, 0.2) is 134 Å². The normalized spacial score (nSPS) is 30.4. The van der Waals surface area contributed by atoms with Gasteiger partial charge in [0.05, 0.1) is 29.5 Å². The summed E-state index contributed by atoms with van der Waals surface area (Å²) in [7, 11) is 0. The van der Waals surface area contributed by atoms with E-state index in [0.717, 1.165) is 61.2 Å². The Kier molecular flexibility index (Phi) is 39.8. The summed E-state index contributed by atoms with van der Waals surface area (Å²) in [5.41, 5.74) is 14.9. The number of rotatable bonds is 14. The lowest BCUT2D eigenvalue weighted by Crippen LogP contribution is -2.48. The Bertz CT molecular complexity index is 3300. The van der Waals surface area contributed by atoms with Crippen molar-refractivity contribution >= 4 is 17.3 Å². The molecule has 0 aromatic heterocycles. The Morgan fingerprint density at radius 3 is 1.31 bits per heavy atom. The van der Waals surface area contributed by atoms with Gasteiger partial charge in [0.2, 0.25) is 0 Å². The molecule has 9 nitrogen and oxygen atoms in total. The average molecular weight is 1540 g/mol. The van der Waals surface area contributed by atoms with Gasteiger partial charge in [-0.05, 0) is 237 Å². The van der Waals surface area contributed by atoms with E-state index in [-0.39, 0.29) is 92.8 Å². The largest absolute Gasteiger partial charge is 0.393 e. The Morgan fingerprint density at radius 2 is 0.901 bits per heavy atom. The number of aliphatic hydroxyl groups excluding tert-OH is 4. The highest BCUT2D eigenvalue weighted by atomic mass is 16.6. The van der Waals surface area contributed by atoms with Crippen LogP contribution in [0.1, 0.15) is 348 Å². The molecule has 0 bridgehead atoms. The molecule has 11 atom stereocenters. The van der Waals surface area contributed by atoms with Crippen molar-refractivity contribution in [3.05, 3.63) is 134 Å². The minimum Gasteiger partial charge on any atom is -0.393 e. The highest BCUT2D eigenvalue weighted by molar-refractivity contribution is 6.00. The van der Waals surface area contributed by atoms with Crippen LogP contribution in [0, 0.1) is 103 Å². The van der Waals surface area contributed by atoms with Gasteiger partial charge in [0, 0.05) is 36.2 Å². The molecule has 1 heterocycles. The molecule has 3 fully saturated rings. The van der Waals surface area contributed by atoms with E-state index in [2.05, 4.69) is 281 Å². The molecule has 2 saturated carbocycles. The predicted molar refractivity (Wildman–Crippen MR) is 477 cm³/mol. The van der Waals surface area contributed by atoms with Gasteiger partial charge in [0.1, 0.15) is 17.5 Å². The highest BCUT2D eigenvalue weighted by Crippen LogP contribution is 2.67. The molecule has 111 heavy (non-hydrogen) atoms. The minimum atomic E-state index is -0.828. The summed E-state index contributed by atoms with van der Waals surface area (Å²) in [4.78, 5) is 35.7. The van der Waals surface area contributed by atoms with E-state index in [4.69, 9.17) is 4.74 Å². The number of ketones is 3. The first-order valence-corrected chi connectivity index (χ1v) is 42.9. The van der Waals surface area contributed by atoms with Crippen molar-refractivity contribution < 1.29 is 44.7 Å². The summed E-state index contributed by atoms with van der Waals surface area (Å²) in [6.07, 6.45) is 35.3. The Morgan fingerprint density at radius 1 is 0.486 bits per heavy atom. The van der Waals surface area contributed by atoms with Crippen LogP contribution in [0.4, 0.5) is 0 Å². The number of allylic oxidation sites excluding steroid dienone is 17. The second kappa shape index (κ2) is 42.2. The third-order valence-corrected chi connectivity index (χ3v) is 24.4. The summed E-state index contributed by atoms with van der Waals surface area (Å²) in [5.74, 6) is 5.92.